The zero-order chi connectivity index (χ0) is 29.8. The van der Waals surface area contributed by atoms with E-state index in [4.69, 9.17) is 14.2 Å². The number of Topliss-reactive ketones (excluding diaryl/α,β-unsaturated/α-hetero) is 1. The van der Waals surface area contributed by atoms with Gasteiger partial charge in [0.25, 0.3) is 5.91 Å². The van der Waals surface area contributed by atoms with Gasteiger partial charge < -0.3 is 35.0 Å². The number of esters is 2. The molecule has 0 radical (unpaired) electrons. The van der Waals surface area contributed by atoms with E-state index < -0.39 is 59.5 Å². The van der Waals surface area contributed by atoms with E-state index in [-0.39, 0.29) is 36.9 Å². The number of carbonyl (C=O) groups is 6. The molecule has 1 unspecified atom stereocenters. The standard InChI is InChI=1S/C26H45N3O9/c1-15(2)13-18(28-24(35)38-25(6,7)8)20(31)29-26(23(34)37-10,12-11-17(5)30)22(33)27-19(14-16(3)4)21(32)36-9/h15-16,18-19H,11-14H2,1-10H3,(H,27,33)(H,28,35)(H,29,31)/t18-,19-,26?/m0/s1. The van der Waals surface area contributed by atoms with Crippen LogP contribution in [0.2, 0.25) is 0 Å². The maximum absolute atomic E-state index is 13.6. The van der Waals surface area contributed by atoms with Gasteiger partial charge in [-0.25, -0.2) is 14.4 Å². The lowest BCUT2D eigenvalue weighted by Crippen LogP contribution is -2.68. The van der Waals surface area contributed by atoms with Crippen molar-refractivity contribution >= 4 is 35.6 Å². The average molecular weight is 544 g/mol. The molecule has 12 nitrogen and oxygen atoms in total. The van der Waals surface area contributed by atoms with E-state index in [2.05, 4.69) is 16.0 Å². The van der Waals surface area contributed by atoms with E-state index in [1.54, 1.807) is 20.8 Å². The summed E-state index contributed by atoms with van der Waals surface area (Å²) in [6.07, 6.45) is -1.23. The van der Waals surface area contributed by atoms with Crippen molar-refractivity contribution in [3.8, 4) is 0 Å². The SMILES string of the molecule is COC(=O)[C@H](CC(C)C)NC(=O)C(CCC(C)=O)(NC(=O)[C@H](CC(C)C)NC(=O)OC(C)(C)C)C(=O)OC. The maximum Gasteiger partial charge on any atom is 0.408 e. The molecule has 0 heterocycles. The third-order valence-corrected chi connectivity index (χ3v) is 5.32. The summed E-state index contributed by atoms with van der Waals surface area (Å²) in [7, 11) is 2.19. The Morgan fingerprint density at radius 3 is 1.74 bits per heavy atom. The Labute approximate surface area is 225 Å². The van der Waals surface area contributed by atoms with Crippen LogP contribution in [0, 0.1) is 11.8 Å². The maximum atomic E-state index is 13.6. The van der Waals surface area contributed by atoms with Crippen molar-refractivity contribution in [3.63, 3.8) is 0 Å². The number of ketones is 1. The summed E-state index contributed by atoms with van der Waals surface area (Å²) in [6.45, 7) is 13.5. The van der Waals surface area contributed by atoms with Crippen molar-refractivity contribution < 1.29 is 43.0 Å². The molecule has 0 fully saturated rings. The molecule has 0 saturated carbocycles. The van der Waals surface area contributed by atoms with Gasteiger partial charge in [-0.15, -0.1) is 0 Å². The molecule has 0 aromatic rings. The molecule has 3 atom stereocenters. The molecule has 0 spiro atoms. The number of amides is 3. The Balaban J connectivity index is 6.45. The van der Waals surface area contributed by atoms with Crippen molar-refractivity contribution in [1.82, 2.24) is 16.0 Å². The molecular weight excluding hydrogens is 498 g/mol. The molecule has 12 heteroatoms. The highest BCUT2D eigenvalue weighted by molar-refractivity contribution is 6.11. The lowest BCUT2D eigenvalue weighted by Gasteiger charge is -2.34. The van der Waals surface area contributed by atoms with Crippen LogP contribution in [0.25, 0.3) is 0 Å². The van der Waals surface area contributed by atoms with Gasteiger partial charge in [-0.1, -0.05) is 27.7 Å². The molecule has 218 valence electrons. The molecule has 0 bridgehead atoms. The van der Waals surface area contributed by atoms with Crippen LogP contribution in [0.3, 0.4) is 0 Å². The van der Waals surface area contributed by atoms with Gasteiger partial charge >= 0.3 is 18.0 Å². The van der Waals surface area contributed by atoms with Crippen LogP contribution < -0.4 is 16.0 Å². The Kier molecular flexibility index (Phi) is 14.0. The molecule has 0 aliphatic heterocycles. The van der Waals surface area contributed by atoms with Crippen molar-refractivity contribution in [3.05, 3.63) is 0 Å². The highest BCUT2D eigenvalue weighted by Crippen LogP contribution is 2.20. The van der Waals surface area contributed by atoms with Crippen LogP contribution in [-0.2, 0) is 38.2 Å². The minimum atomic E-state index is -2.37. The minimum Gasteiger partial charge on any atom is -0.467 e. The first-order valence-corrected chi connectivity index (χ1v) is 12.7. The summed E-state index contributed by atoms with van der Waals surface area (Å²) in [5, 5.41) is 7.39. The van der Waals surface area contributed by atoms with Crippen molar-refractivity contribution in [1.29, 1.82) is 0 Å². The lowest BCUT2D eigenvalue weighted by atomic mass is 9.89. The Hall–Kier alpha value is -3.18. The lowest BCUT2D eigenvalue weighted by molar-refractivity contribution is -0.159. The minimum absolute atomic E-state index is 0.0350. The Bertz CT molecular complexity index is 865. The number of methoxy groups -OCH3 is 2. The van der Waals surface area contributed by atoms with E-state index >= 15 is 0 Å². The number of rotatable bonds is 14. The molecule has 0 aliphatic rings. The molecule has 0 saturated heterocycles. The summed E-state index contributed by atoms with van der Waals surface area (Å²) in [4.78, 5) is 76.8. The predicted octanol–water partition coefficient (Wildman–Crippen LogP) is 2.03. The van der Waals surface area contributed by atoms with Crippen LogP contribution in [0.4, 0.5) is 4.79 Å². The molecular formula is C26H45N3O9. The van der Waals surface area contributed by atoms with Gasteiger partial charge in [-0.3, -0.25) is 9.59 Å². The molecule has 3 N–H and O–H groups in total. The second-order valence-corrected chi connectivity index (χ2v) is 11.1. The van der Waals surface area contributed by atoms with Crippen LogP contribution in [0.15, 0.2) is 0 Å². The highest BCUT2D eigenvalue weighted by Gasteiger charge is 2.50. The van der Waals surface area contributed by atoms with Gasteiger partial charge in [0, 0.05) is 6.42 Å². The zero-order valence-corrected chi connectivity index (χ0v) is 24.3. The first-order valence-electron chi connectivity index (χ1n) is 12.7. The summed E-state index contributed by atoms with van der Waals surface area (Å²) in [6, 6.07) is -2.32. The summed E-state index contributed by atoms with van der Waals surface area (Å²) < 4.78 is 14.9. The average Bonchev–Trinajstić information content (AvgIpc) is 2.77. The van der Waals surface area contributed by atoms with E-state index in [0.717, 1.165) is 14.2 Å². The van der Waals surface area contributed by atoms with Crippen LogP contribution in [0.5, 0.6) is 0 Å². The molecule has 38 heavy (non-hydrogen) atoms. The van der Waals surface area contributed by atoms with Gasteiger partial charge in [0.2, 0.25) is 11.4 Å². The molecule has 0 aromatic heterocycles. The van der Waals surface area contributed by atoms with Gasteiger partial charge in [-0.2, -0.15) is 0 Å². The fourth-order valence-corrected chi connectivity index (χ4v) is 3.58. The third kappa shape index (κ3) is 11.9. The number of hydrogen-bond donors (Lipinski definition) is 3. The van der Waals surface area contributed by atoms with Gasteiger partial charge in [-0.05, 0) is 58.8 Å². The molecule has 3 amide bonds. The van der Waals surface area contributed by atoms with Crippen molar-refractivity contribution in [2.45, 2.75) is 104 Å². The topological polar surface area (TPSA) is 166 Å². The van der Waals surface area contributed by atoms with Crippen molar-refractivity contribution in [2.24, 2.45) is 11.8 Å². The number of hydrogen-bond acceptors (Lipinski definition) is 9. The first kappa shape index (κ1) is 34.8. The van der Waals surface area contributed by atoms with Gasteiger partial charge in [0.05, 0.1) is 14.2 Å². The monoisotopic (exact) mass is 543 g/mol. The van der Waals surface area contributed by atoms with Crippen LogP contribution in [0.1, 0.15) is 81.1 Å². The second kappa shape index (κ2) is 15.3. The van der Waals surface area contributed by atoms with E-state index in [1.165, 1.54) is 6.92 Å². The quantitative estimate of drug-likeness (QED) is 0.169. The predicted molar refractivity (Wildman–Crippen MR) is 139 cm³/mol. The summed E-state index contributed by atoms with van der Waals surface area (Å²) in [5.74, 6) is -4.26. The molecule has 0 rings (SSSR count). The van der Waals surface area contributed by atoms with Crippen LogP contribution >= 0.6 is 0 Å². The Morgan fingerprint density at radius 2 is 1.32 bits per heavy atom. The number of ether oxygens (including phenoxy) is 3. The van der Waals surface area contributed by atoms with Crippen LogP contribution in [-0.4, -0.2) is 73.1 Å². The Morgan fingerprint density at radius 1 is 0.789 bits per heavy atom. The zero-order valence-electron chi connectivity index (χ0n) is 24.3. The second-order valence-electron chi connectivity index (χ2n) is 11.1. The summed E-state index contributed by atoms with van der Waals surface area (Å²) in [5.41, 5.74) is -3.20. The van der Waals surface area contributed by atoms with Gasteiger partial charge in [0.1, 0.15) is 23.5 Å². The third-order valence-electron chi connectivity index (χ3n) is 5.32. The smallest absolute Gasteiger partial charge is 0.408 e. The van der Waals surface area contributed by atoms with Gasteiger partial charge in [0.15, 0.2) is 0 Å². The molecule has 0 aromatic carbocycles. The van der Waals surface area contributed by atoms with E-state index in [0.29, 0.717) is 0 Å². The number of nitrogens with one attached hydrogen (secondary N) is 3. The first-order chi connectivity index (χ1) is 17.4. The highest BCUT2D eigenvalue weighted by atomic mass is 16.6. The van der Waals surface area contributed by atoms with E-state index in [9.17, 15) is 28.8 Å². The summed E-state index contributed by atoms with van der Waals surface area (Å²) >= 11 is 0. The van der Waals surface area contributed by atoms with Crippen molar-refractivity contribution in [2.75, 3.05) is 14.2 Å². The fourth-order valence-electron chi connectivity index (χ4n) is 3.58. The fraction of sp³-hybridized carbons (Fsp3) is 0.769. The normalized spacial score (nSPS) is 14.5. The molecule has 0 aliphatic carbocycles. The largest absolute Gasteiger partial charge is 0.467 e. The number of carbonyl (C=O) groups excluding carboxylic acids is 6. The number of alkyl carbamates (subject to hydrolysis) is 1. The van der Waals surface area contributed by atoms with E-state index in [1.807, 2.05) is 27.7 Å².